The molecule has 0 radical (unpaired) electrons. The van der Waals surface area contributed by atoms with E-state index in [1.54, 1.807) is 6.20 Å². The van der Waals surface area contributed by atoms with Gasteiger partial charge in [-0.2, -0.15) is 0 Å². The van der Waals surface area contributed by atoms with Gasteiger partial charge in [-0.3, -0.25) is 19.3 Å². The summed E-state index contributed by atoms with van der Waals surface area (Å²) >= 11 is 1.54. The van der Waals surface area contributed by atoms with Crippen LogP contribution in [-0.4, -0.2) is 52.8 Å². The molecule has 40 heavy (non-hydrogen) atoms. The molecule has 8 nitrogen and oxygen atoms in total. The van der Waals surface area contributed by atoms with Gasteiger partial charge in [-0.05, 0) is 65.4 Å². The first-order chi connectivity index (χ1) is 19.1. The number of hydrogen-bond acceptors (Lipinski definition) is 6. The fourth-order valence-corrected chi connectivity index (χ4v) is 6.40. The normalized spacial score (nSPS) is 15.6. The van der Waals surface area contributed by atoms with Crippen LogP contribution in [0.3, 0.4) is 0 Å². The molecule has 1 amide bonds. The van der Waals surface area contributed by atoms with E-state index in [4.69, 9.17) is 4.74 Å². The van der Waals surface area contributed by atoms with Crippen molar-refractivity contribution < 1.29 is 19.4 Å². The molecule has 1 saturated heterocycles. The summed E-state index contributed by atoms with van der Waals surface area (Å²) < 4.78 is 6.95. The van der Waals surface area contributed by atoms with Crippen molar-refractivity contribution in [2.75, 3.05) is 26.3 Å². The lowest BCUT2D eigenvalue weighted by Gasteiger charge is -2.28. The molecule has 0 saturated carbocycles. The first kappa shape index (κ1) is 29.7. The van der Waals surface area contributed by atoms with E-state index in [9.17, 15) is 19.5 Å². The number of aromatic nitrogens is 1. The van der Waals surface area contributed by atoms with Gasteiger partial charge in [-0.15, -0.1) is 11.3 Å². The maximum atomic E-state index is 13.8. The van der Waals surface area contributed by atoms with Crippen molar-refractivity contribution in [1.29, 1.82) is 0 Å². The van der Waals surface area contributed by atoms with Gasteiger partial charge in [0.25, 0.3) is 5.56 Å². The molecule has 1 fully saturated rings. The van der Waals surface area contributed by atoms with Crippen LogP contribution in [0.4, 0.5) is 0 Å². The fourth-order valence-electron chi connectivity index (χ4n) is 5.26. The summed E-state index contributed by atoms with van der Waals surface area (Å²) in [5, 5.41) is 14.6. The summed E-state index contributed by atoms with van der Waals surface area (Å²) in [6.45, 7) is 11.8. The van der Waals surface area contributed by atoms with Gasteiger partial charge in [0.05, 0.1) is 25.7 Å². The zero-order valence-electron chi connectivity index (χ0n) is 23.7. The van der Waals surface area contributed by atoms with Crippen molar-refractivity contribution in [1.82, 2.24) is 14.8 Å². The van der Waals surface area contributed by atoms with Gasteiger partial charge in [0.1, 0.15) is 6.04 Å². The van der Waals surface area contributed by atoms with Crippen LogP contribution in [0.25, 0.3) is 10.4 Å². The zero-order valence-corrected chi connectivity index (χ0v) is 24.5. The maximum Gasteiger partial charge on any atom is 0.305 e. The standard InChI is InChI=1S/C31H39N3O5S/c1-20(2)14-26(34-18-23(8-9-28(34)35)17-33-10-12-39-13-11-33)31(38)32-25(16-29(36)37)24-15-27(40-19-24)30-21(3)6-5-7-22(30)4/h5-9,15,18-20,25-26H,10-14,16-17H2,1-4H3,(H,32,38)(H,36,37)/t25-,26-/m1/s1. The highest BCUT2D eigenvalue weighted by atomic mass is 32.1. The first-order valence-electron chi connectivity index (χ1n) is 13.8. The van der Waals surface area contributed by atoms with Crippen LogP contribution in [0, 0.1) is 19.8 Å². The summed E-state index contributed by atoms with van der Waals surface area (Å²) in [5.74, 6) is -1.22. The van der Waals surface area contributed by atoms with E-state index < -0.39 is 18.1 Å². The highest BCUT2D eigenvalue weighted by Gasteiger charge is 2.28. The summed E-state index contributed by atoms with van der Waals surface area (Å²) in [6.07, 6.45) is 1.97. The summed E-state index contributed by atoms with van der Waals surface area (Å²) in [7, 11) is 0. The maximum absolute atomic E-state index is 13.8. The Morgan fingerprint density at radius 3 is 2.45 bits per heavy atom. The number of amides is 1. The van der Waals surface area contributed by atoms with Crippen LogP contribution in [0.5, 0.6) is 0 Å². The zero-order chi connectivity index (χ0) is 28.8. The topological polar surface area (TPSA) is 101 Å². The molecular weight excluding hydrogens is 526 g/mol. The SMILES string of the molecule is Cc1cccc(C)c1-c1cc([C@@H](CC(=O)O)NC(=O)[C@@H](CC(C)C)n2cc(CN3CCOCC3)ccc2=O)cs1. The second-order valence-corrected chi connectivity index (χ2v) is 11.9. The minimum absolute atomic E-state index is 0.139. The third-order valence-electron chi connectivity index (χ3n) is 7.29. The third kappa shape index (κ3) is 7.47. The fraction of sp³-hybridized carbons (Fsp3) is 0.452. The van der Waals surface area contributed by atoms with Crippen LogP contribution in [0.1, 0.15) is 61.0 Å². The van der Waals surface area contributed by atoms with E-state index in [1.165, 1.54) is 22.0 Å². The molecule has 4 rings (SSSR count). The van der Waals surface area contributed by atoms with Gasteiger partial charge >= 0.3 is 5.97 Å². The number of nitrogens with zero attached hydrogens (tertiary/aromatic N) is 2. The van der Waals surface area contributed by atoms with Gasteiger partial charge in [-0.1, -0.05) is 38.1 Å². The molecule has 1 aromatic carbocycles. The molecule has 9 heteroatoms. The van der Waals surface area contributed by atoms with Gasteiger partial charge in [-0.25, -0.2) is 0 Å². The van der Waals surface area contributed by atoms with Crippen molar-refractivity contribution in [3.05, 3.63) is 80.6 Å². The number of aliphatic carboxylic acids is 1. The Labute approximate surface area is 239 Å². The second-order valence-electron chi connectivity index (χ2n) is 11.0. The molecule has 0 bridgehead atoms. The lowest BCUT2D eigenvalue weighted by molar-refractivity contribution is -0.138. The number of benzene rings is 1. The molecule has 214 valence electrons. The predicted molar refractivity (Wildman–Crippen MR) is 158 cm³/mol. The van der Waals surface area contributed by atoms with Crippen LogP contribution in [-0.2, 0) is 20.9 Å². The Morgan fingerprint density at radius 1 is 1.10 bits per heavy atom. The molecule has 0 aliphatic carbocycles. The van der Waals surface area contributed by atoms with Crippen molar-refractivity contribution >= 4 is 23.2 Å². The lowest BCUT2D eigenvalue weighted by atomic mass is 9.98. The number of carbonyl (C=O) groups is 2. The number of hydrogen-bond donors (Lipinski definition) is 2. The average Bonchev–Trinajstić information content (AvgIpc) is 3.38. The van der Waals surface area contributed by atoms with Gasteiger partial charge < -0.3 is 19.7 Å². The molecule has 0 unspecified atom stereocenters. The average molecular weight is 566 g/mol. The smallest absolute Gasteiger partial charge is 0.305 e. The predicted octanol–water partition coefficient (Wildman–Crippen LogP) is 4.95. The minimum atomic E-state index is -1.00. The number of aryl methyl sites for hydroxylation is 2. The van der Waals surface area contributed by atoms with Gasteiger partial charge in [0.2, 0.25) is 5.91 Å². The summed E-state index contributed by atoms with van der Waals surface area (Å²) in [5.41, 5.74) is 4.84. The summed E-state index contributed by atoms with van der Waals surface area (Å²) in [4.78, 5) is 41.9. The van der Waals surface area contributed by atoms with Crippen molar-refractivity contribution in [3.63, 3.8) is 0 Å². The molecule has 2 N–H and O–H groups in total. The molecule has 2 atom stereocenters. The number of thiophene rings is 1. The number of ether oxygens (including phenoxy) is 1. The number of rotatable bonds is 11. The van der Waals surface area contributed by atoms with Gasteiger partial charge in [0, 0.05) is 36.8 Å². The van der Waals surface area contributed by atoms with Crippen LogP contribution in [0.15, 0.2) is 52.8 Å². The van der Waals surface area contributed by atoms with E-state index >= 15 is 0 Å². The van der Waals surface area contributed by atoms with Crippen molar-refractivity contribution in [2.24, 2.45) is 5.92 Å². The quantitative estimate of drug-likeness (QED) is 0.341. The first-order valence-corrected chi connectivity index (χ1v) is 14.7. The Bertz CT molecular complexity index is 1370. The number of carboxylic acids is 1. The van der Waals surface area contributed by atoms with Crippen molar-refractivity contribution in [3.8, 4) is 10.4 Å². The lowest BCUT2D eigenvalue weighted by Crippen LogP contribution is -2.40. The van der Waals surface area contributed by atoms with Crippen LogP contribution in [0.2, 0.25) is 0 Å². The molecule has 3 heterocycles. The number of carbonyl (C=O) groups excluding carboxylic acids is 1. The van der Waals surface area contributed by atoms with E-state index in [1.807, 2.05) is 37.4 Å². The van der Waals surface area contributed by atoms with E-state index in [-0.39, 0.29) is 23.8 Å². The van der Waals surface area contributed by atoms with E-state index in [0.29, 0.717) is 26.2 Å². The molecule has 1 aliphatic heterocycles. The molecule has 3 aromatic rings. The minimum Gasteiger partial charge on any atom is -0.481 e. The number of morpholine rings is 1. The third-order valence-corrected chi connectivity index (χ3v) is 8.25. The molecule has 0 spiro atoms. The Balaban J connectivity index is 1.61. The number of nitrogens with one attached hydrogen (secondary N) is 1. The highest BCUT2D eigenvalue weighted by Crippen LogP contribution is 2.35. The Morgan fingerprint density at radius 2 is 1.80 bits per heavy atom. The largest absolute Gasteiger partial charge is 0.481 e. The highest BCUT2D eigenvalue weighted by molar-refractivity contribution is 7.13. The van der Waals surface area contributed by atoms with Crippen molar-refractivity contribution in [2.45, 2.75) is 59.2 Å². The van der Waals surface area contributed by atoms with E-state index in [2.05, 4.69) is 36.2 Å². The molecule has 2 aromatic heterocycles. The van der Waals surface area contributed by atoms with Crippen LogP contribution >= 0.6 is 11.3 Å². The number of pyridine rings is 1. The Hall–Kier alpha value is -3.27. The summed E-state index contributed by atoms with van der Waals surface area (Å²) in [6, 6.07) is 9.95. The van der Waals surface area contributed by atoms with Crippen LogP contribution < -0.4 is 10.9 Å². The number of carboxylic acid groups (broad SMARTS) is 1. The van der Waals surface area contributed by atoms with E-state index in [0.717, 1.165) is 45.8 Å². The monoisotopic (exact) mass is 565 g/mol. The second kappa shape index (κ2) is 13.4. The molecule has 1 aliphatic rings. The van der Waals surface area contributed by atoms with Gasteiger partial charge in [0.15, 0.2) is 0 Å². The molecular formula is C31H39N3O5S. The Kier molecular flexibility index (Phi) is 9.95.